The van der Waals surface area contributed by atoms with E-state index in [-0.39, 0.29) is 11.9 Å². The Bertz CT molecular complexity index is 534. The molecule has 1 aliphatic carbocycles. The highest BCUT2D eigenvalue weighted by atomic mass is 19.1. The van der Waals surface area contributed by atoms with Crippen LogP contribution in [0.2, 0.25) is 0 Å². The monoisotopic (exact) mass is 264 g/mol. The van der Waals surface area contributed by atoms with Crippen molar-refractivity contribution in [1.29, 1.82) is 0 Å². The fourth-order valence-electron chi connectivity index (χ4n) is 3.27. The van der Waals surface area contributed by atoms with Crippen molar-refractivity contribution in [2.24, 2.45) is 5.73 Å². The Morgan fingerprint density at radius 2 is 2.32 bits per heavy atom. The van der Waals surface area contributed by atoms with Crippen molar-refractivity contribution in [1.82, 2.24) is 4.90 Å². The first kappa shape index (κ1) is 12.6. The summed E-state index contributed by atoms with van der Waals surface area (Å²) in [4.78, 5) is 13.3. The molecule has 1 saturated heterocycles. The first-order valence-corrected chi connectivity index (χ1v) is 6.55. The van der Waals surface area contributed by atoms with Gasteiger partial charge in [0.05, 0.1) is 0 Å². The number of hydrogen-bond acceptors (Lipinski definition) is 3. The Kier molecular flexibility index (Phi) is 2.83. The normalized spacial score (nSPS) is 30.5. The molecule has 1 fully saturated rings. The van der Waals surface area contributed by atoms with Crippen LogP contribution in [0.5, 0.6) is 0 Å². The second-order valence-electron chi connectivity index (χ2n) is 5.54. The third-order valence-electron chi connectivity index (χ3n) is 4.38. The van der Waals surface area contributed by atoms with Crippen molar-refractivity contribution in [3.63, 3.8) is 0 Å². The number of aliphatic carboxylic acids is 1. The summed E-state index contributed by atoms with van der Waals surface area (Å²) in [5.74, 6) is -1.11. The van der Waals surface area contributed by atoms with Crippen LogP contribution in [0.25, 0.3) is 0 Å². The van der Waals surface area contributed by atoms with Crippen LogP contribution in [-0.2, 0) is 11.2 Å². The van der Waals surface area contributed by atoms with E-state index in [0.717, 1.165) is 17.5 Å². The molecule has 1 heterocycles. The van der Waals surface area contributed by atoms with Gasteiger partial charge in [-0.2, -0.15) is 0 Å². The predicted octanol–water partition coefficient (Wildman–Crippen LogP) is 1.30. The Labute approximate surface area is 111 Å². The Balaban J connectivity index is 1.84. The number of likely N-dealkylation sites (tertiary alicyclic amines) is 1. The summed E-state index contributed by atoms with van der Waals surface area (Å²) in [5.41, 5.74) is 6.51. The first-order valence-electron chi connectivity index (χ1n) is 6.55. The molecular weight excluding hydrogens is 247 g/mol. The average molecular weight is 264 g/mol. The molecule has 1 aromatic carbocycles. The minimum Gasteiger partial charge on any atom is -0.480 e. The van der Waals surface area contributed by atoms with E-state index in [1.807, 2.05) is 6.07 Å². The van der Waals surface area contributed by atoms with Gasteiger partial charge in [-0.05, 0) is 36.5 Å². The van der Waals surface area contributed by atoms with Gasteiger partial charge >= 0.3 is 5.97 Å². The molecule has 0 aromatic heterocycles. The SMILES string of the molecule is NC1(C(=O)O)CCN(C2CCc3c(F)cccc32)C1. The summed E-state index contributed by atoms with van der Waals surface area (Å²) in [7, 11) is 0. The zero-order chi connectivity index (χ0) is 13.6. The van der Waals surface area contributed by atoms with E-state index >= 15 is 0 Å². The zero-order valence-electron chi connectivity index (χ0n) is 10.6. The number of carboxylic acid groups (broad SMARTS) is 1. The van der Waals surface area contributed by atoms with Gasteiger partial charge in [-0.3, -0.25) is 9.69 Å². The molecule has 3 rings (SSSR count). The Morgan fingerprint density at radius 1 is 1.53 bits per heavy atom. The first-order chi connectivity index (χ1) is 9.01. The van der Waals surface area contributed by atoms with Crippen molar-refractivity contribution in [3.05, 3.63) is 35.1 Å². The molecular formula is C14H17FN2O2. The number of carbonyl (C=O) groups is 1. The van der Waals surface area contributed by atoms with Crippen molar-refractivity contribution in [3.8, 4) is 0 Å². The molecule has 4 nitrogen and oxygen atoms in total. The number of carboxylic acids is 1. The summed E-state index contributed by atoms with van der Waals surface area (Å²) < 4.78 is 13.7. The third kappa shape index (κ3) is 1.93. The lowest BCUT2D eigenvalue weighted by Gasteiger charge is -2.26. The topological polar surface area (TPSA) is 66.6 Å². The van der Waals surface area contributed by atoms with Crippen molar-refractivity contribution < 1.29 is 14.3 Å². The summed E-state index contributed by atoms with van der Waals surface area (Å²) in [5, 5.41) is 9.16. The minimum absolute atomic E-state index is 0.107. The molecule has 0 saturated carbocycles. The van der Waals surface area contributed by atoms with E-state index in [9.17, 15) is 9.18 Å². The van der Waals surface area contributed by atoms with Gasteiger partial charge in [0.2, 0.25) is 0 Å². The van der Waals surface area contributed by atoms with Gasteiger partial charge in [0.1, 0.15) is 11.4 Å². The van der Waals surface area contributed by atoms with Crippen LogP contribution in [-0.4, -0.2) is 34.6 Å². The van der Waals surface area contributed by atoms with Crippen molar-refractivity contribution >= 4 is 5.97 Å². The average Bonchev–Trinajstić information content (AvgIpc) is 2.94. The molecule has 2 unspecified atom stereocenters. The zero-order valence-corrected chi connectivity index (χ0v) is 10.6. The molecule has 0 spiro atoms. The highest BCUT2D eigenvalue weighted by molar-refractivity contribution is 5.79. The second kappa shape index (κ2) is 4.28. The van der Waals surface area contributed by atoms with E-state index in [4.69, 9.17) is 10.8 Å². The number of fused-ring (bicyclic) bond motifs is 1. The van der Waals surface area contributed by atoms with Crippen LogP contribution in [0.4, 0.5) is 4.39 Å². The van der Waals surface area contributed by atoms with E-state index in [1.165, 1.54) is 6.07 Å². The molecule has 1 aromatic rings. The highest BCUT2D eigenvalue weighted by Crippen LogP contribution is 2.39. The smallest absolute Gasteiger partial charge is 0.325 e. The number of hydrogen-bond donors (Lipinski definition) is 2. The van der Waals surface area contributed by atoms with Crippen LogP contribution in [0.3, 0.4) is 0 Å². The lowest BCUT2D eigenvalue weighted by atomic mass is 10.0. The molecule has 2 atom stereocenters. The molecule has 19 heavy (non-hydrogen) atoms. The number of nitrogens with zero attached hydrogens (tertiary/aromatic N) is 1. The number of nitrogens with two attached hydrogens (primary N) is 1. The Hall–Kier alpha value is -1.46. The van der Waals surface area contributed by atoms with Gasteiger partial charge < -0.3 is 10.8 Å². The Morgan fingerprint density at radius 3 is 3.00 bits per heavy atom. The van der Waals surface area contributed by atoms with Crippen LogP contribution < -0.4 is 5.73 Å². The quantitative estimate of drug-likeness (QED) is 0.845. The predicted molar refractivity (Wildman–Crippen MR) is 68.2 cm³/mol. The lowest BCUT2D eigenvalue weighted by Crippen LogP contribution is -2.50. The minimum atomic E-state index is -1.16. The van der Waals surface area contributed by atoms with Crippen molar-refractivity contribution in [2.45, 2.75) is 30.8 Å². The third-order valence-corrected chi connectivity index (χ3v) is 4.38. The molecule has 5 heteroatoms. The van der Waals surface area contributed by atoms with E-state index in [0.29, 0.717) is 25.9 Å². The molecule has 0 amide bonds. The molecule has 2 aliphatic rings. The van der Waals surface area contributed by atoms with Crippen LogP contribution in [0.1, 0.15) is 30.0 Å². The lowest BCUT2D eigenvalue weighted by molar-refractivity contribution is -0.142. The number of benzene rings is 1. The molecule has 3 N–H and O–H groups in total. The van der Waals surface area contributed by atoms with E-state index in [1.54, 1.807) is 6.07 Å². The van der Waals surface area contributed by atoms with E-state index in [2.05, 4.69) is 4.90 Å². The van der Waals surface area contributed by atoms with Crippen LogP contribution in [0.15, 0.2) is 18.2 Å². The van der Waals surface area contributed by atoms with E-state index < -0.39 is 11.5 Å². The molecule has 0 bridgehead atoms. The second-order valence-corrected chi connectivity index (χ2v) is 5.54. The fraction of sp³-hybridized carbons (Fsp3) is 0.500. The molecule has 1 aliphatic heterocycles. The van der Waals surface area contributed by atoms with Crippen LogP contribution in [0, 0.1) is 5.82 Å². The molecule has 0 radical (unpaired) electrons. The van der Waals surface area contributed by atoms with Gasteiger partial charge in [-0.15, -0.1) is 0 Å². The van der Waals surface area contributed by atoms with Gasteiger partial charge in [0.25, 0.3) is 0 Å². The van der Waals surface area contributed by atoms with Gasteiger partial charge in [0.15, 0.2) is 0 Å². The summed E-state index contributed by atoms with van der Waals surface area (Å²) in [6.07, 6.45) is 2.00. The summed E-state index contributed by atoms with van der Waals surface area (Å²) in [6.45, 7) is 0.992. The maximum Gasteiger partial charge on any atom is 0.325 e. The standard InChI is InChI=1S/C14H17FN2O2/c15-11-3-1-2-10-9(11)4-5-12(10)17-7-6-14(16,8-17)13(18)19/h1-3,12H,4-8,16H2,(H,18,19). The van der Waals surface area contributed by atoms with Crippen molar-refractivity contribution in [2.75, 3.05) is 13.1 Å². The summed E-state index contributed by atoms with van der Waals surface area (Å²) >= 11 is 0. The maximum atomic E-state index is 13.7. The number of rotatable bonds is 2. The van der Waals surface area contributed by atoms with Gasteiger partial charge in [-0.1, -0.05) is 12.1 Å². The molecule has 102 valence electrons. The fourth-order valence-corrected chi connectivity index (χ4v) is 3.27. The summed E-state index contributed by atoms with van der Waals surface area (Å²) in [6, 6.07) is 5.24. The largest absolute Gasteiger partial charge is 0.480 e. The number of halogens is 1. The van der Waals surface area contributed by atoms with Crippen LogP contribution >= 0.6 is 0 Å². The van der Waals surface area contributed by atoms with Gasteiger partial charge in [-0.25, -0.2) is 4.39 Å². The van der Waals surface area contributed by atoms with Gasteiger partial charge in [0, 0.05) is 19.1 Å². The maximum absolute atomic E-state index is 13.7. The highest BCUT2D eigenvalue weighted by Gasteiger charge is 2.44.